The quantitative estimate of drug-likeness (QED) is 0.803. The number of halogens is 1. The monoisotopic (exact) mass is 248 g/mol. The number of hydrogen-bond donors (Lipinski definition) is 2. The van der Waals surface area contributed by atoms with Gasteiger partial charge < -0.3 is 11.1 Å². The SMILES string of the molecule is CCCC(N)C(=O)NC1(C)CCCCC1.Cl. The van der Waals surface area contributed by atoms with Crippen LogP contribution in [0.4, 0.5) is 0 Å². The van der Waals surface area contributed by atoms with Crippen molar-refractivity contribution in [3.8, 4) is 0 Å². The largest absolute Gasteiger partial charge is 0.350 e. The summed E-state index contributed by atoms with van der Waals surface area (Å²) >= 11 is 0. The van der Waals surface area contributed by atoms with Crippen molar-refractivity contribution in [2.24, 2.45) is 5.73 Å². The number of hydrogen-bond acceptors (Lipinski definition) is 2. The van der Waals surface area contributed by atoms with Gasteiger partial charge in [-0.05, 0) is 26.2 Å². The van der Waals surface area contributed by atoms with Crippen LogP contribution < -0.4 is 11.1 Å². The van der Waals surface area contributed by atoms with Gasteiger partial charge in [0, 0.05) is 5.54 Å². The zero-order chi connectivity index (χ0) is 11.3. The lowest BCUT2D eigenvalue weighted by Crippen LogP contribution is -2.52. The van der Waals surface area contributed by atoms with Crippen molar-refractivity contribution in [1.82, 2.24) is 5.32 Å². The molecule has 0 saturated heterocycles. The number of rotatable bonds is 4. The second-order valence-corrected chi connectivity index (χ2v) is 5.01. The minimum absolute atomic E-state index is 0. The van der Waals surface area contributed by atoms with Crippen molar-refractivity contribution in [3.63, 3.8) is 0 Å². The fourth-order valence-corrected chi connectivity index (χ4v) is 2.29. The van der Waals surface area contributed by atoms with Gasteiger partial charge in [-0.2, -0.15) is 0 Å². The second kappa shape index (κ2) is 7.13. The highest BCUT2D eigenvalue weighted by atomic mass is 35.5. The van der Waals surface area contributed by atoms with Crippen LogP contribution in [-0.2, 0) is 4.79 Å². The van der Waals surface area contributed by atoms with Crippen molar-refractivity contribution >= 4 is 18.3 Å². The van der Waals surface area contributed by atoms with Gasteiger partial charge in [-0.25, -0.2) is 0 Å². The van der Waals surface area contributed by atoms with E-state index in [9.17, 15) is 4.79 Å². The van der Waals surface area contributed by atoms with Crippen LogP contribution in [0.1, 0.15) is 58.8 Å². The minimum atomic E-state index is -0.325. The normalized spacial score (nSPS) is 20.7. The molecular formula is C12H25ClN2O. The fourth-order valence-electron chi connectivity index (χ4n) is 2.29. The smallest absolute Gasteiger partial charge is 0.237 e. The molecular weight excluding hydrogens is 224 g/mol. The topological polar surface area (TPSA) is 55.1 Å². The number of carbonyl (C=O) groups excluding carboxylic acids is 1. The molecule has 1 fully saturated rings. The van der Waals surface area contributed by atoms with Gasteiger partial charge in [0.25, 0.3) is 0 Å². The summed E-state index contributed by atoms with van der Waals surface area (Å²) in [5.41, 5.74) is 5.79. The van der Waals surface area contributed by atoms with E-state index in [-0.39, 0.29) is 29.9 Å². The molecule has 1 rings (SSSR count). The average Bonchev–Trinajstić information content (AvgIpc) is 2.18. The molecule has 1 atom stereocenters. The number of nitrogens with two attached hydrogens (primary N) is 1. The Hall–Kier alpha value is -0.280. The summed E-state index contributed by atoms with van der Waals surface area (Å²) in [7, 11) is 0. The first kappa shape index (κ1) is 15.7. The van der Waals surface area contributed by atoms with Crippen molar-refractivity contribution in [1.29, 1.82) is 0 Å². The summed E-state index contributed by atoms with van der Waals surface area (Å²) in [6.45, 7) is 4.19. The second-order valence-electron chi connectivity index (χ2n) is 5.01. The fraction of sp³-hybridized carbons (Fsp3) is 0.917. The summed E-state index contributed by atoms with van der Waals surface area (Å²) in [4.78, 5) is 11.8. The van der Waals surface area contributed by atoms with Gasteiger partial charge in [-0.3, -0.25) is 4.79 Å². The van der Waals surface area contributed by atoms with E-state index in [0.717, 1.165) is 25.7 Å². The average molecular weight is 249 g/mol. The Labute approximate surface area is 105 Å². The summed E-state index contributed by atoms with van der Waals surface area (Å²) < 4.78 is 0. The summed E-state index contributed by atoms with van der Waals surface area (Å²) in [6.07, 6.45) is 7.68. The molecule has 1 unspecified atom stereocenters. The first-order valence-corrected chi connectivity index (χ1v) is 6.15. The highest BCUT2D eigenvalue weighted by molar-refractivity contribution is 5.85. The third kappa shape index (κ3) is 4.71. The van der Waals surface area contributed by atoms with Crippen LogP contribution in [0.25, 0.3) is 0 Å². The van der Waals surface area contributed by atoms with E-state index in [1.807, 2.05) is 0 Å². The van der Waals surface area contributed by atoms with Crippen molar-refractivity contribution in [2.45, 2.75) is 70.4 Å². The number of amides is 1. The Morgan fingerprint density at radius 1 is 1.38 bits per heavy atom. The van der Waals surface area contributed by atoms with Gasteiger partial charge in [-0.1, -0.05) is 32.6 Å². The Morgan fingerprint density at radius 3 is 2.44 bits per heavy atom. The molecule has 1 saturated carbocycles. The van der Waals surface area contributed by atoms with Gasteiger partial charge in [0.1, 0.15) is 0 Å². The van der Waals surface area contributed by atoms with Gasteiger partial charge in [0.05, 0.1) is 6.04 Å². The first-order valence-electron chi connectivity index (χ1n) is 6.15. The molecule has 0 aliphatic heterocycles. The van der Waals surface area contributed by atoms with E-state index < -0.39 is 0 Å². The molecule has 1 amide bonds. The molecule has 0 heterocycles. The Kier molecular flexibility index (Phi) is 7.00. The summed E-state index contributed by atoms with van der Waals surface area (Å²) in [6, 6.07) is -0.325. The molecule has 3 N–H and O–H groups in total. The molecule has 16 heavy (non-hydrogen) atoms. The molecule has 3 nitrogen and oxygen atoms in total. The molecule has 1 aliphatic rings. The van der Waals surface area contributed by atoms with Crippen molar-refractivity contribution < 1.29 is 4.79 Å². The highest BCUT2D eigenvalue weighted by Crippen LogP contribution is 2.27. The van der Waals surface area contributed by atoms with E-state index in [1.165, 1.54) is 19.3 Å². The maximum absolute atomic E-state index is 11.8. The van der Waals surface area contributed by atoms with Crippen LogP contribution in [-0.4, -0.2) is 17.5 Å². The van der Waals surface area contributed by atoms with E-state index in [2.05, 4.69) is 19.2 Å². The molecule has 4 heteroatoms. The van der Waals surface area contributed by atoms with E-state index >= 15 is 0 Å². The molecule has 0 aromatic heterocycles. The molecule has 1 aliphatic carbocycles. The predicted octanol–water partition coefficient (Wildman–Crippen LogP) is 2.37. The van der Waals surface area contributed by atoms with Gasteiger partial charge in [-0.15, -0.1) is 12.4 Å². The molecule has 96 valence electrons. The highest BCUT2D eigenvalue weighted by Gasteiger charge is 2.29. The van der Waals surface area contributed by atoms with E-state index in [4.69, 9.17) is 5.73 Å². The van der Waals surface area contributed by atoms with E-state index in [0.29, 0.717) is 0 Å². The van der Waals surface area contributed by atoms with Crippen molar-refractivity contribution in [2.75, 3.05) is 0 Å². The third-order valence-electron chi connectivity index (χ3n) is 3.32. The van der Waals surface area contributed by atoms with Crippen LogP contribution >= 0.6 is 12.4 Å². The van der Waals surface area contributed by atoms with E-state index in [1.54, 1.807) is 0 Å². The number of nitrogens with one attached hydrogen (secondary N) is 1. The standard InChI is InChI=1S/C12H24N2O.ClH/c1-3-7-10(13)11(15)14-12(2)8-5-4-6-9-12;/h10H,3-9,13H2,1-2H3,(H,14,15);1H. The maximum Gasteiger partial charge on any atom is 0.237 e. The lowest BCUT2D eigenvalue weighted by atomic mass is 9.83. The van der Waals surface area contributed by atoms with Crippen molar-refractivity contribution in [3.05, 3.63) is 0 Å². The lowest BCUT2D eigenvalue weighted by molar-refractivity contribution is -0.124. The van der Waals surface area contributed by atoms with Crippen LogP contribution in [0.15, 0.2) is 0 Å². The number of carbonyl (C=O) groups is 1. The van der Waals surface area contributed by atoms with Crippen LogP contribution in [0, 0.1) is 0 Å². The minimum Gasteiger partial charge on any atom is -0.350 e. The third-order valence-corrected chi connectivity index (χ3v) is 3.32. The zero-order valence-electron chi connectivity index (χ0n) is 10.4. The Morgan fingerprint density at radius 2 is 1.94 bits per heavy atom. The molecule has 0 aromatic carbocycles. The maximum atomic E-state index is 11.8. The van der Waals surface area contributed by atoms with Crippen LogP contribution in [0.3, 0.4) is 0 Å². The molecule has 0 spiro atoms. The first-order chi connectivity index (χ1) is 7.07. The van der Waals surface area contributed by atoms with Crippen LogP contribution in [0.5, 0.6) is 0 Å². The Balaban J connectivity index is 0.00000225. The van der Waals surface area contributed by atoms with Gasteiger partial charge in [0.2, 0.25) is 5.91 Å². The van der Waals surface area contributed by atoms with Gasteiger partial charge in [0.15, 0.2) is 0 Å². The molecule has 0 aromatic rings. The lowest BCUT2D eigenvalue weighted by Gasteiger charge is -2.35. The molecule has 0 bridgehead atoms. The van der Waals surface area contributed by atoms with Gasteiger partial charge >= 0.3 is 0 Å². The predicted molar refractivity (Wildman–Crippen MR) is 69.8 cm³/mol. The Bertz CT molecular complexity index is 215. The summed E-state index contributed by atoms with van der Waals surface area (Å²) in [5.74, 6) is 0.0289. The zero-order valence-corrected chi connectivity index (χ0v) is 11.2. The molecule has 0 radical (unpaired) electrons. The summed E-state index contributed by atoms with van der Waals surface area (Å²) in [5, 5.41) is 3.12. The van der Waals surface area contributed by atoms with Crippen LogP contribution in [0.2, 0.25) is 0 Å².